The summed E-state index contributed by atoms with van der Waals surface area (Å²) in [5.41, 5.74) is 1.03. The first-order valence-electron chi connectivity index (χ1n) is 6.96. The predicted octanol–water partition coefficient (Wildman–Crippen LogP) is 2.15. The smallest absolute Gasteiger partial charge is 0.334 e. The Morgan fingerprint density at radius 1 is 1.33 bits per heavy atom. The van der Waals surface area contributed by atoms with Crippen molar-refractivity contribution >= 4 is 5.97 Å². The van der Waals surface area contributed by atoms with Crippen molar-refractivity contribution in [3.8, 4) is 0 Å². The monoisotopic (exact) mass is 250 g/mol. The van der Waals surface area contributed by atoms with E-state index >= 15 is 0 Å². The molecule has 0 bridgehead atoms. The number of esters is 1. The largest absolute Gasteiger partial charge is 0.462 e. The lowest BCUT2D eigenvalue weighted by Gasteiger charge is -2.27. The molecule has 1 saturated heterocycles. The van der Waals surface area contributed by atoms with Gasteiger partial charge in [0.05, 0.1) is 12.0 Å². The Labute approximate surface area is 108 Å². The van der Waals surface area contributed by atoms with Crippen LogP contribution in [0.3, 0.4) is 0 Å². The second-order valence-corrected chi connectivity index (χ2v) is 7.08. The molecule has 5 atom stereocenters. The van der Waals surface area contributed by atoms with Gasteiger partial charge in [0, 0.05) is 5.57 Å². The number of hydrogen-bond donors (Lipinski definition) is 1. The lowest BCUT2D eigenvalue weighted by molar-refractivity contribution is -0.135. The Hall–Kier alpha value is -0.830. The van der Waals surface area contributed by atoms with Gasteiger partial charge in [0.2, 0.25) is 0 Å². The van der Waals surface area contributed by atoms with Crippen molar-refractivity contribution in [3.63, 3.8) is 0 Å². The van der Waals surface area contributed by atoms with E-state index in [2.05, 4.69) is 26.8 Å². The molecule has 0 spiro atoms. The molecule has 100 valence electrons. The molecule has 0 unspecified atom stereocenters. The van der Waals surface area contributed by atoms with E-state index < -0.39 is 6.10 Å². The predicted molar refractivity (Wildman–Crippen MR) is 67.7 cm³/mol. The number of carbonyl (C=O) groups excluding carboxylic acids is 1. The van der Waals surface area contributed by atoms with Crippen molar-refractivity contribution in [1.29, 1.82) is 0 Å². The topological polar surface area (TPSA) is 46.5 Å². The fourth-order valence-corrected chi connectivity index (χ4v) is 4.28. The molecular weight excluding hydrogens is 228 g/mol. The van der Waals surface area contributed by atoms with Gasteiger partial charge in [-0.25, -0.2) is 4.79 Å². The summed E-state index contributed by atoms with van der Waals surface area (Å²) >= 11 is 0. The van der Waals surface area contributed by atoms with Crippen molar-refractivity contribution in [2.45, 2.75) is 39.7 Å². The molecule has 1 aliphatic heterocycles. The van der Waals surface area contributed by atoms with E-state index in [0.717, 1.165) is 18.4 Å². The van der Waals surface area contributed by atoms with Crippen LogP contribution >= 0.6 is 0 Å². The van der Waals surface area contributed by atoms with Gasteiger partial charge in [-0.1, -0.05) is 26.8 Å². The SMILES string of the molecule is C[C@@H]1C=C2C(=O)OC[C@H]2[C@H](O)[C@@H]2CC(C)(C)C[C@H]21. The van der Waals surface area contributed by atoms with Crippen LogP contribution in [0.15, 0.2) is 11.6 Å². The van der Waals surface area contributed by atoms with E-state index in [1.807, 2.05) is 0 Å². The second-order valence-electron chi connectivity index (χ2n) is 7.08. The Bertz CT molecular complexity index is 410. The fourth-order valence-electron chi connectivity index (χ4n) is 4.28. The zero-order chi connectivity index (χ0) is 13.1. The highest BCUT2D eigenvalue weighted by Gasteiger charge is 2.51. The molecule has 3 rings (SSSR count). The molecular formula is C15H22O3. The summed E-state index contributed by atoms with van der Waals surface area (Å²) in [6.07, 6.45) is 3.84. The summed E-state index contributed by atoms with van der Waals surface area (Å²) in [5.74, 6) is 0.857. The number of hydrogen-bond acceptors (Lipinski definition) is 3. The highest BCUT2D eigenvalue weighted by molar-refractivity contribution is 5.91. The third kappa shape index (κ3) is 1.71. The number of allylic oxidation sites excluding steroid dienone is 1. The van der Waals surface area contributed by atoms with Crippen molar-refractivity contribution in [2.75, 3.05) is 6.61 Å². The van der Waals surface area contributed by atoms with E-state index in [9.17, 15) is 9.90 Å². The number of cyclic esters (lactones) is 1. The van der Waals surface area contributed by atoms with Crippen LogP contribution in [0.4, 0.5) is 0 Å². The summed E-state index contributed by atoms with van der Waals surface area (Å²) in [5, 5.41) is 10.6. The van der Waals surface area contributed by atoms with Gasteiger partial charge in [0.25, 0.3) is 0 Å². The average Bonchev–Trinajstić information content (AvgIpc) is 2.77. The first-order chi connectivity index (χ1) is 8.39. The number of ether oxygens (including phenoxy) is 1. The van der Waals surface area contributed by atoms with Crippen LogP contribution in [-0.2, 0) is 9.53 Å². The van der Waals surface area contributed by atoms with Crippen molar-refractivity contribution < 1.29 is 14.6 Å². The molecule has 1 N–H and O–H groups in total. The quantitative estimate of drug-likeness (QED) is 0.670. The molecule has 0 aromatic rings. The third-order valence-corrected chi connectivity index (χ3v) is 5.12. The number of aliphatic hydroxyl groups is 1. The maximum Gasteiger partial charge on any atom is 0.334 e. The minimum absolute atomic E-state index is 0.0937. The van der Waals surface area contributed by atoms with Crippen LogP contribution in [0.25, 0.3) is 0 Å². The third-order valence-electron chi connectivity index (χ3n) is 5.12. The number of carbonyl (C=O) groups is 1. The molecule has 0 aromatic carbocycles. The summed E-state index contributed by atoms with van der Waals surface area (Å²) in [6, 6.07) is 0. The molecule has 3 heteroatoms. The van der Waals surface area contributed by atoms with Gasteiger partial charge in [-0.05, 0) is 36.0 Å². The van der Waals surface area contributed by atoms with E-state index in [-0.39, 0.29) is 11.9 Å². The summed E-state index contributed by atoms with van der Waals surface area (Å²) in [6.45, 7) is 7.10. The van der Waals surface area contributed by atoms with E-state index in [4.69, 9.17) is 4.74 Å². The van der Waals surface area contributed by atoms with Crippen LogP contribution in [-0.4, -0.2) is 23.8 Å². The summed E-state index contributed by atoms with van der Waals surface area (Å²) in [7, 11) is 0. The molecule has 0 amide bonds. The zero-order valence-electron chi connectivity index (χ0n) is 11.3. The molecule has 0 aromatic heterocycles. The van der Waals surface area contributed by atoms with Gasteiger partial charge in [-0.15, -0.1) is 0 Å². The lowest BCUT2D eigenvalue weighted by atomic mass is 9.81. The molecule has 3 nitrogen and oxygen atoms in total. The van der Waals surface area contributed by atoms with Gasteiger partial charge >= 0.3 is 5.97 Å². The minimum atomic E-state index is -0.417. The van der Waals surface area contributed by atoms with Crippen molar-refractivity contribution in [2.24, 2.45) is 29.1 Å². The Kier molecular flexibility index (Phi) is 2.60. The normalized spacial score (nSPS) is 45.9. The molecule has 3 aliphatic rings. The van der Waals surface area contributed by atoms with Gasteiger partial charge in [-0.2, -0.15) is 0 Å². The van der Waals surface area contributed by atoms with E-state index in [0.29, 0.717) is 29.8 Å². The number of rotatable bonds is 0. The molecule has 0 radical (unpaired) electrons. The van der Waals surface area contributed by atoms with E-state index in [1.165, 1.54) is 0 Å². The van der Waals surface area contributed by atoms with Crippen LogP contribution < -0.4 is 0 Å². The molecule has 1 heterocycles. The summed E-state index contributed by atoms with van der Waals surface area (Å²) < 4.78 is 5.11. The summed E-state index contributed by atoms with van der Waals surface area (Å²) in [4.78, 5) is 11.7. The maximum absolute atomic E-state index is 11.7. The van der Waals surface area contributed by atoms with Crippen molar-refractivity contribution in [1.82, 2.24) is 0 Å². The van der Waals surface area contributed by atoms with Gasteiger partial charge in [0.15, 0.2) is 0 Å². The van der Waals surface area contributed by atoms with Crippen LogP contribution in [0.5, 0.6) is 0 Å². The molecule has 2 fully saturated rings. The average molecular weight is 250 g/mol. The fraction of sp³-hybridized carbons (Fsp3) is 0.800. The van der Waals surface area contributed by atoms with Crippen LogP contribution in [0, 0.1) is 29.1 Å². The van der Waals surface area contributed by atoms with Crippen molar-refractivity contribution in [3.05, 3.63) is 11.6 Å². The standard InChI is InChI=1S/C15H22O3/c1-8-4-9-12(7-18-14(9)17)13(16)11-6-15(2,3)5-10(8)11/h4,8,10-13,16H,5-7H2,1-3H3/t8-,10+,11-,12-,13-/m1/s1. The Morgan fingerprint density at radius 2 is 2.00 bits per heavy atom. The van der Waals surface area contributed by atoms with Crippen LogP contribution in [0.2, 0.25) is 0 Å². The maximum atomic E-state index is 11.7. The van der Waals surface area contributed by atoms with Gasteiger partial charge in [0.1, 0.15) is 6.61 Å². The highest BCUT2D eigenvalue weighted by Crippen LogP contribution is 2.53. The van der Waals surface area contributed by atoms with Gasteiger partial charge in [-0.3, -0.25) is 0 Å². The Balaban J connectivity index is 1.97. The molecule has 18 heavy (non-hydrogen) atoms. The lowest BCUT2D eigenvalue weighted by Crippen LogP contribution is -2.32. The first-order valence-corrected chi connectivity index (χ1v) is 6.96. The minimum Gasteiger partial charge on any atom is -0.462 e. The Morgan fingerprint density at radius 3 is 2.72 bits per heavy atom. The second kappa shape index (κ2) is 3.83. The highest BCUT2D eigenvalue weighted by atomic mass is 16.5. The molecule has 1 saturated carbocycles. The van der Waals surface area contributed by atoms with Gasteiger partial charge < -0.3 is 9.84 Å². The number of fused-ring (bicyclic) bond motifs is 2. The zero-order valence-corrected chi connectivity index (χ0v) is 11.3. The van der Waals surface area contributed by atoms with Crippen LogP contribution in [0.1, 0.15) is 33.6 Å². The first kappa shape index (κ1) is 12.2. The van der Waals surface area contributed by atoms with E-state index in [1.54, 1.807) is 0 Å². The molecule has 2 aliphatic carbocycles. The number of aliphatic hydroxyl groups excluding tert-OH is 1.